The minimum absolute atomic E-state index is 0.0720. The number of aromatic amines is 1. The first-order chi connectivity index (χ1) is 19.2. The quantitative estimate of drug-likeness (QED) is 0.165. The fourth-order valence-corrected chi connectivity index (χ4v) is 5.75. The Kier molecular flexibility index (Phi) is 6.85. The Morgan fingerprint density at radius 1 is 1.20 bits per heavy atom. The molecule has 9 nitrogen and oxygen atoms in total. The Morgan fingerprint density at radius 2 is 1.95 bits per heavy atom. The third kappa shape index (κ3) is 4.98. The number of benzene rings is 2. The van der Waals surface area contributed by atoms with Crippen LogP contribution in [0, 0.1) is 11.6 Å². The summed E-state index contributed by atoms with van der Waals surface area (Å²) in [6, 6.07) is 7.94. The fraction of sp³-hybridized carbons (Fsp3) is 0.259. The molecule has 13 heteroatoms. The summed E-state index contributed by atoms with van der Waals surface area (Å²) in [5, 5.41) is 8.26. The molecule has 3 N–H and O–H groups in total. The SMILES string of the molecule is Cn1nc(N[S+](C)[O-])c2c(Cl)ccc(-c3cc4[nH]c(C5CC5)nc4nc3C(Cc3cc(F)cc(F)c3)NC=O)c21. The summed E-state index contributed by atoms with van der Waals surface area (Å²) in [6.45, 7) is 0. The molecule has 5 aromatic rings. The van der Waals surface area contributed by atoms with Crippen molar-refractivity contribution in [3.63, 3.8) is 0 Å². The van der Waals surface area contributed by atoms with Crippen LogP contribution in [0.25, 0.3) is 33.2 Å². The predicted molar refractivity (Wildman–Crippen MR) is 150 cm³/mol. The van der Waals surface area contributed by atoms with Crippen molar-refractivity contribution in [1.82, 2.24) is 30.0 Å². The van der Waals surface area contributed by atoms with E-state index in [9.17, 15) is 18.1 Å². The number of fused-ring (bicyclic) bond motifs is 2. The summed E-state index contributed by atoms with van der Waals surface area (Å²) in [6.07, 6.45) is 4.19. The highest BCUT2D eigenvalue weighted by atomic mass is 35.5. The van der Waals surface area contributed by atoms with E-state index >= 15 is 0 Å². The molecule has 6 rings (SSSR count). The third-order valence-electron chi connectivity index (χ3n) is 6.91. The summed E-state index contributed by atoms with van der Waals surface area (Å²) in [5.41, 5.74) is 3.97. The number of carbonyl (C=O) groups is 1. The van der Waals surface area contributed by atoms with E-state index in [1.165, 1.54) is 18.4 Å². The molecule has 1 fully saturated rings. The molecular formula is C27H24ClF2N7O2S. The van der Waals surface area contributed by atoms with Crippen LogP contribution in [0.1, 0.15) is 41.9 Å². The van der Waals surface area contributed by atoms with Gasteiger partial charge in [-0.3, -0.25) is 9.48 Å². The lowest BCUT2D eigenvalue weighted by molar-refractivity contribution is -0.110. The van der Waals surface area contributed by atoms with E-state index in [1.54, 1.807) is 17.8 Å². The zero-order valence-electron chi connectivity index (χ0n) is 21.5. The molecule has 2 unspecified atom stereocenters. The fourth-order valence-electron chi connectivity index (χ4n) is 5.09. The molecule has 3 heterocycles. The van der Waals surface area contributed by atoms with Crippen LogP contribution in [0.15, 0.2) is 36.4 Å². The van der Waals surface area contributed by atoms with Crippen LogP contribution in [-0.4, -0.2) is 42.0 Å². The average molecular weight is 584 g/mol. The van der Waals surface area contributed by atoms with Crippen molar-refractivity contribution in [1.29, 1.82) is 0 Å². The van der Waals surface area contributed by atoms with Crippen LogP contribution in [0.3, 0.4) is 0 Å². The van der Waals surface area contributed by atoms with Crippen molar-refractivity contribution in [2.24, 2.45) is 7.05 Å². The first-order valence-electron chi connectivity index (χ1n) is 12.5. The lowest BCUT2D eigenvalue weighted by atomic mass is 9.94. The van der Waals surface area contributed by atoms with Crippen molar-refractivity contribution in [3.05, 3.63) is 70.1 Å². The molecule has 0 radical (unpaired) electrons. The lowest BCUT2D eigenvalue weighted by Gasteiger charge is -2.20. The zero-order chi connectivity index (χ0) is 28.1. The highest BCUT2D eigenvalue weighted by Crippen LogP contribution is 2.42. The number of nitrogens with one attached hydrogen (secondary N) is 3. The average Bonchev–Trinajstić information content (AvgIpc) is 3.57. The maximum Gasteiger partial charge on any atom is 0.207 e. The Bertz CT molecular complexity index is 1750. The van der Waals surface area contributed by atoms with E-state index in [0.717, 1.165) is 24.7 Å². The van der Waals surface area contributed by atoms with Crippen molar-refractivity contribution >= 4 is 57.3 Å². The van der Waals surface area contributed by atoms with Gasteiger partial charge in [-0.25, -0.2) is 18.7 Å². The molecule has 3 aromatic heterocycles. The van der Waals surface area contributed by atoms with Gasteiger partial charge in [0.25, 0.3) is 0 Å². The molecule has 1 amide bonds. The van der Waals surface area contributed by atoms with E-state index in [1.807, 2.05) is 12.1 Å². The monoisotopic (exact) mass is 583 g/mol. The Balaban J connectivity index is 1.58. The van der Waals surface area contributed by atoms with E-state index in [4.69, 9.17) is 21.6 Å². The minimum Gasteiger partial charge on any atom is -0.593 e. The first-order valence-corrected chi connectivity index (χ1v) is 14.5. The molecule has 0 spiro atoms. The summed E-state index contributed by atoms with van der Waals surface area (Å²) < 4.78 is 44.5. The number of carbonyl (C=O) groups excluding carboxylic acids is 1. The zero-order valence-corrected chi connectivity index (χ0v) is 23.0. The van der Waals surface area contributed by atoms with Gasteiger partial charge in [0, 0.05) is 30.2 Å². The number of pyridine rings is 1. The Labute approximate surface area is 235 Å². The molecule has 1 saturated carbocycles. The number of aromatic nitrogens is 5. The molecule has 40 heavy (non-hydrogen) atoms. The molecular weight excluding hydrogens is 560 g/mol. The van der Waals surface area contributed by atoms with Crippen LogP contribution in [0.2, 0.25) is 5.02 Å². The molecule has 206 valence electrons. The second-order valence-electron chi connectivity index (χ2n) is 9.85. The van der Waals surface area contributed by atoms with Gasteiger partial charge in [-0.15, -0.1) is 0 Å². The highest BCUT2D eigenvalue weighted by Gasteiger charge is 2.29. The molecule has 0 saturated heterocycles. The van der Waals surface area contributed by atoms with Crippen LogP contribution in [0.4, 0.5) is 14.6 Å². The van der Waals surface area contributed by atoms with Crippen molar-refractivity contribution in [2.75, 3.05) is 11.0 Å². The van der Waals surface area contributed by atoms with Crippen LogP contribution < -0.4 is 10.0 Å². The number of hydrogen-bond acceptors (Lipinski definition) is 6. The number of amides is 1. The van der Waals surface area contributed by atoms with Gasteiger partial charge in [0.2, 0.25) is 12.2 Å². The van der Waals surface area contributed by atoms with Gasteiger partial charge in [0.1, 0.15) is 23.7 Å². The van der Waals surface area contributed by atoms with Gasteiger partial charge in [-0.2, -0.15) is 9.82 Å². The summed E-state index contributed by atoms with van der Waals surface area (Å²) in [4.78, 5) is 24.7. The third-order valence-corrected chi connectivity index (χ3v) is 7.71. The summed E-state index contributed by atoms with van der Waals surface area (Å²) in [7, 11) is 1.75. The van der Waals surface area contributed by atoms with Crippen molar-refractivity contribution in [3.8, 4) is 11.1 Å². The summed E-state index contributed by atoms with van der Waals surface area (Å²) in [5.74, 6) is 0.121. The Hall–Kier alpha value is -3.74. The molecule has 2 atom stereocenters. The summed E-state index contributed by atoms with van der Waals surface area (Å²) >= 11 is 5.20. The number of H-pyrrole nitrogens is 1. The molecule has 0 bridgehead atoms. The first kappa shape index (κ1) is 26.5. The minimum atomic E-state index is -1.39. The van der Waals surface area contributed by atoms with Crippen LogP contribution in [-0.2, 0) is 29.6 Å². The number of hydrogen-bond donors (Lipinski definition) is 3. The van der Waals surface area contributed by atoms with E-state index in [0.29, 0.717) is 67.6 Å². The lowest BCUT2D eigenvalue weighted by Crippen LogP contribution is -2.24. The van der Waals surface area contributed by atoms with E-state index in [2.05, 4.69) is 20.1 Å². The standard InChI is InChI=1S/C27H24ClF2N7O2S/c1-37-24-17(5-6-19(28)22(24)27(35-37)36-40(2)39)18-11-21-26(34-25(32-21)14-3-4-14)33-23(18)20(31-12-38)9-13-7-15(29)10-16(30)8-13/h5-8,10-12,14,20H,3-4,9H2,1-2H3,(H,31,38)(H,35,36)(H,32,33,34). The maximum atomic E-state index is 14.0. The number of nitrogens with zero attached hydrogens (tertiary/aromatic N) is 4. The number of halogens is 3. The van der Waals surface area contributed by atoms with Gasteiger partial charge in [0.05, 0.1) is 44.5 Å². The van der Waals surface area contributed by atoms with Gasteiger partial charge in [-0.1, -0.05) is 17.7 Å². The number of aryl methyl sites for hydroxylation is 1. The normalized spacial score (nSPS) is 14.9. The van der Waals surface area contributed by atoms with Gasteiger partial charge < -0.3 is 14.9 Å². The van der Waals surface area contributed by atoms with Crippen LogP contribution in [0.5, 0.6) is 0 Å². The van der Waals surface area contributed by atoms with E-state index < -0.39 is 29.0 Å². The van der Waals surface area contributed by atoms with Gasteiger partial charge in [-0.05, 0) is 49.1 Å². The molecule has 1 aliphatic carbocycles. The predicted octanol–water partition coefficient (Wildman–Crippen LogP) is 5.06. The number of anilines is 1. The number of rotatable bonds is 9. The maximum absolute atomic E-state index is 14.0. The van der Waals surface area contributed by atoms with Gasteiger partial charge >= 0.3 is 0 Å². The van der Waals surface area contributed by atoms with Crippen LogP contribution >= 0.6 is 11.6 Å². The second kappa shape index (κ2) is 10.3. The van der Waals surface area contributed by atoms with Crippen molar-refractivity contribution in [2.45, 2.75) is 31.2 Å². The Morgan fingerprint density at radius 3 is 2.62 bits per heavy atom. The molecule has 1 aliphatic rings. The largest absolute Gasteiger partial charge is 0.593 e. The second-order valence-corrected chi connectivity index (χ2v) is 11.4. The molecule has 2 aromatic carbocycles. The van der Waals surface area contributed by atoms with Crippen molar-refractivity contribution < 1.29 is 18.1 Å². The number of imidazole rings is 1. The highest BCUT2D eigenvalue weighted by molar-refractivity contribution is 7.92. The smallest absolute Gasteiger partial charge is 0.207 e. The van der Waals surface area contributed by atoms with E-state index in [-0.39, 0.29) is 6.42 Å². The molecule has 0 aliphatic heterocycles. The van der Waals surface area contributed by atoms with Gasteiger partial charge in [0.15, 0.2) is 5.65 Å². The topological polar surface area (TPSA) is 124 Å².